The van der Waals surface area contributed by atoms with Crippen molar-refractivity contribution >= 4 is 12.4 Å². The minimum absolute atomic E-state index is 0. The van der Waals surface area contributed by atoms with Gasteiger partial charge in [0.15, 0.2) is 6.54 Å². The van der Waals surface area contributed by atoms with Crippen LogP contribution in [0.25, 0.3) is 0 Å². The predicted molar refractivity (Wildman–Crippen MR) is 50.8 cm³/mol. The number of nitroso groups, excluding NO2 is 1. The molecule has 0 unspecified atom stereocenters. The Labute approximate surface area is 79.7 Å². The van der Waals surface area contributed by atoms with E-state index in [1.54, 1.807) is 0 Å². The molecular formula is C9H17ClNO+. The zero-order valence-corrected chi connectivity index (χ0v) is 8.24. The van der Waals surface area contributed by atoms with Gasteiger partial charge in [0.2, 0.25) is 5.54 Å². The van der Waals surface area contributed by atoms with E-state index in [0.29, 0.717) is 0 Å². The monoisotopic (exact) mass is 190 g/mol. The van der Waals surface area contributed by atoms with Crippen molar-refractivity contribution in [1.82, 2.24) is 0 Å². The van der Waals surface area contributed by atoms with E-state index < -0.39 is 0 Å². The molecule has 3 heteroatoms. The van der Waals surface area contributed by atoms with Crippen LogP contribution < -0.4 is 0 Å². The lowest BCUT2D eigenvalue weighted by Crippen LogP contribution is -2.37. The maximum atomic E-state index is 11.5. The molecule has 0 aromatic rings. The molecule has 1 saturated carbocycles. The van der Waals surface area contributed by atoms with Crippen LogP contribution in [0.2, 0.25) is 0 Å². The lowest BCUT2D eigenvalue weighted by molar-refractivity contribution is -0.610. The van der Waals surface area contributed by atoms with Crippen molar-refractivity contribution in [3.8, 4) is 0 Å². The van der Waals surface area contributed by atoms with Crippen LogP contribution in [0.1, 0.15) is 44.9 Å². The average molecular weight is 191 g/mol. The SMILES string of the molecule is Cl.O=[N+]1CCCC12CCCCC2. The molecule has 0 atom stereocenters. The Morgan fingerprint density at radius 2 is 1.50 bits per heavy atom. The molecule has 0 aromatic heterocycles. The van der Waals surface area contributed by atoms with Crippen molar-refractivity contribution in [2.45, 2.75) is 50.5 Å². The average Bonchev–Trinajstić information content (AvgIpc) is 2.36. The second kappa shape index (κ2) is 3.73. The van der Waals surface area contributed by atoms with Crippen LogP contribution >= 0.6 is 12.4 Å². The first kappa shape index (κ1) is 9.97. The minimum atomic E-state index is 0. The highest BCUT2D eigenvalue weighted by atomic mass is 35.5. The summed E-state index contributed by atoms with van der Waals surface area (Å²) in [4.78, 5) is 11.5. The topological polar surface area (TPSA) is 20.1 Å². The second-order valence-electron chi connectivity index (χ2n) is 3.99. The third-order valence-corrected chi connectivity index (χ3v) is 3.32. The van der Waals surface area contributed by atoms with E-state index in [2.05, 4.69) is 0 Å². The molecule has 70 valence electrons. The van der Waals surface area contributed by atoms with Crippen molar-refractivity contribution in [2.75, 3.05) is 6.54 Å². The third kappa shape index (κ3) is 1.49. The summed E-state index contributed by atoms with van der Waals surface area (Å²) in [6, 6.07) is 0. The number of nitrogens with zero attached hydrogens (tertiary/aromatic N) is 1. The predicted octanol–water partition coefficient (Wildman–Crippen LogP) is 2.68. The van der Waals surface area contributed by atoms with E-state index >= 15 is 0 Å². The highest BCUT2D eigenvalue weighted by molar-refractivity contribution is 5.85. The van der Waals surface area contributed by atoms with Crippen LogP contribution in [-0.4, -0.2) is 16.8 Å². The Balaban J connectivity index is 0.000000720. The molecule has 12 heavy (non-hydrogen) atoms. The molecular weight excluding hydrogens is 174 g/mol. The van der Waals surface area contributed by atoms with E-state index in [0.717, 1.165) is 32.2 Å². The molecule has 2 fully saturated rings. The Kier molecular flexibility index (Phi) is 3.10. The van der Waals surface area contributed by atoms with Gasteiger partial charge in [0.05, 0.1) is 0 Å². The normalized spacial score (nSPS) is 27.2. The van der Waals surface area contributed by atoms with Gasteiger partial charge < -0.3 is 0 Å². The molecule has 1 saturated heterocycles. The van der Waals surface area contributed by atoms with Crippen LogP contribution in [0.3, 0.4) is 0 Å². The number of hydrogen-bond donors (Lipinski definition) is 0. The molecule has 0 bridgehead atoms. The standard InChI is InChI=1S/C9H16NO.ClH/c11-10-8-4-7-9(10)5-2-1-3-6-9;/h1-8H2;1H/q+1;. The molecule has 2 rings (SSSR count). The lowest BCUT2D eigenvalue weighted by Gasteiger charge is -2.24. The zero-order chi connectivity index (χ0) is 7.73. The molecule has 0 amide bonds. The molecule has 1 heterocycles. The van der Waals surface area contributed by atoms with Crippen LogP contribution in [0.15, 0.2) is 0 Å². The molecule has 1 aliphatic carbocycles. The molecule has 0 aromatic carbocycles. The van der Waals surface area contributed by atoms with Crippen molar-refractivity contribution in [2.24, 2.45) is 0 Å². The van der Waals surface area contributed by atoms with E-state index in [1.807, 2.05) is 0 Å². The van der Waals surface area contributed by atoms with Gasteiger partial charge in [-0.25, -0.2) is 0 Å². The number of hydrogen-bond acceptors (Lipinski definition) is 1. The van der Waals surface area contributed by atoms with Gasteiger partial charge in [-0.1, -0.05) is 6.42 Å². The van der Waals surface area contributed by atoms with Gasteiger partial charge in [-0.15, -0.1) is 12.4 Å². The van der Waals surface area contributed by atoms with E-state index in [9.17, 15) is 4.91 Å². The Morgan fingerprint density at radius 1 is 0.917 bits per heavy atom. The molecule has 2 nitrogen and oxygen atoms in total. The number of halogens is 1. The quantitative estimate of drug-likeness (QED) is 0.538. The van der Waals surface area contributed by atoms with Gasteiger partial charge in [-0.05, 0) is 12.8 Å². The molecule has 0 N–H and O–H groups in total. The Morgan fingerprint density at radius 3 is 2.00 bits per heavy atom. The maximum absolute atomic E-state index is 11.5. The van der Waals surface area contributed by atoms with Crippen LogP contribution in [0.4, 0.5) is 0 Å². The zero-order valence-electron chi connectivity index (χ0n) is 7.42. The minimum Gasteiger partial charge on any atom is -0.147 e. The van der Waals surface area contributed by atoms with Crippen molar-refractivity contribution in [3.05, 3.63) is 4.91 Å². The molecule has 1 aliphatic heterocycles. The van der Waals surface area contributed by atoms with Crippen LogP contribution in [0.5, 0.6) is 0 Å². The van der Waals surface area contributed by atoms with Gasteiger partial charge in [-0.3, -0.25) is 0 Å². The van der Waals surface area contributed by atoms with Crippen LogP contribution in [0, 0.1) is 4.91 Å². The molecule has 1 spiro atoms. The fourth-order valence-corrected chi connectivity index (χ4v) is 2.62. The summed E-state index contributed by atoms with van der Waals surface area (Å²) in [6.45, 7) is 0.792. The first-order valence-corrected chi connectivity index (χ1v) is 4.78. The second-order valence-corrected chi connectivity index (χ2v) is 3.99. The summed E-state index contributed by atoms with van der Waals surface area (Å²) in [5, 5.41) is 0. The summed E-state index contributed by atoms with van der Waals surface area (Å²) in [5.41, 5.74) is 0.109. The first-order valence-electron chi connectivity index (χ1n) is 4.78. The summed E-state index contributed by atoms with van der Waals surface area (Å²) in [7, 11) is 0. The Bertz CT molecular complexity index is 175. The van der Waals surface area contributed by atoms with Gasteiger partial charge >= 0.3 is 0 Å². The van der Waals surface area contributed by atoms with Crippen LogP contribution in [-0.2, 0) is 0 Å². The van der Waals surface area contributed by atoms with E-state index in [4.69, 9.17) is 0 Å². The van der Waals surface area contributed by atoms with Crippen molar-refractivity contribution in [3.63, 3.8) is 0 Å². The summed E-state index contributed by atoms with van der Waals surface area (Å²) in [6.07, 6.45) is 8.51. The fourth-order valence-electron chi connectivity index (χ4n) is 2.62. The Hall–Kier alpha value is -0.110. The summed E-state index contributed by atoms with van der Waals surface area (Å²) >= 11 is 0. The van der Waals surface area contributed by atoms with Gasteiger partial charge in [0.25, 0.3) is 0 Å². The van der Waals surface area contributed by atoms with Gasteiger partial charge in [0, 0.05) is 35.4 Å². The summed E-state index contributed by atoms with van der Waals surface area (Å²) < 4.78 is 1.37. The maximum Gasteiger partial charge on any atom is 0.210 e. The van der Waals surface area contributed by atoms with Crippen molar-refractivity contribution in [1.29, 1.82) is 0 Å². The van der Waals surface area contributed by atoms with E-state index in [1.165, 1.54) is 24.0 Å². The lowest BCUT2D eigenvalue weighted by atomic mass is 9.81. The van der Waals surface area contributed by atoms with Gasteiger partial charge in [-0.2, -0.15) is 0 Å². The van der Waals surface area contributed by atoms with Crippen molar-refractivity contribution < 1.29 is 4.76 Å². The molecule has 0 radical (unpaired) electrons. The summed E-state index contributed by atoms with van der Waals surface area (Å²) in [5.74, 6) is 0. The van der Waals surface area contributed by atoms with E-state index in [-0.39, 0.29) is 17.9 Å². The largest absolute Gasteiger partial charge is 0.210 e. The molecule has 2 aliphatic rings. The smallest absolute Gasteiger partial charge is 0.147 e. The first-order chi connectivity index (χ1) is 5.33. The fraction of sp³-hybridized carbons (Fsp3) is 1.00. The highest BCUT2D eigenvalue weighted by Crippen LogP contribution is 2.38. The van der Waals surface area contributed by atoms with Gasteiger partial charge in [0.1, 0.15) is 0 Å². The number of rotatable bonds is 0. The third-order valence-electron chi connectivity index (χ3n) is 3.32. The highest BCUT2D eigenvalue weighted by Gasteiger charge is 2.49.